The molecule has 2 atom stereocenters. The van der Waals surface area contributed by atoms with Crippen molar-refractivity contribution >= 4 is 5.78 Å². The fourth-order valence-electron chi connectivity index (χ4n) is 3.01. The fraction of sp³-hybridized carbons (Fsp3) is 0.667. The van der Waals surface area contributed by atoms with Gasteiger partial charge in [-0.05, 0) is 39.2 Å². The molecule has 0 aliphatic carbocycles. The molecule has 0 bridgehead atoms. The zero-order chi connectivity index (χ0) is 13.4. The summed E-state index contributed by atoms with van der Waals surface area (Å²) >= 11 is 0. The quantitative estimate of drug-likeness (QED) is 0.768. The molecule has 0 amide bonds. The number of nitrogens with zero attached hydrogens (tertiary/aromatic N) is 2. The molecule has 0 aromatic carbocycles. The number of ketones is 1. The highest BCUT2D eigenvalue weighted by Crippen LogP contribution is 2.23. The van der Waals surface area contributed by atoms with Gasteiger partial charge in [0.2, 0.25) is 0 Å². The topological polar surface area (TPSA) is 25.2 Å². The van der Waals surface area contributed by atoms with E-state index in [1.165, 1.54) is 6.42 Å². The minimum Gasteiger partial charge on any atom is -0.351 e. The Morgan fingerprint density at radius 3 is 2.50 bits per heavy atom. The summed E-state index contributed by atoms with van der Waals surface area (Å²) in [5, 5.41) is 0. The fourth-order valence-corrected chi connectivity index (χ4v) is 3.01. The van der Waals surface area contributed by atoms with E-state index in [9.17, 15) is 4.79 Å². The summed E-state index contributed by atoms with van der Waals surface area (Å²) in [4.78, 5) is 14.7. The molecule has 18 heavy (non-hydrogen) atoms. The first kappa shape index (κ1) is 13.3. The first-order valence-electron chi connectivity index (χ1n) is 6.80. The molecule has 1 aromatic heterocycles. The number of likely N-dealkylation sites (tertiary alicyclic amines) is 1. The van der Waals surface area contributed by atoms with Crippen molar-refractivity contribution in [3.8, 4) is 0 Å². The number of aryl methyl sites for hydroxylation is 1. The molecular formula is C15H24N2O. The lowest BCUT2D eigenvalue weighted by atomic mass is 10.1. The molecule has 1 saturated heterocycles. The van der Waals surface area contributed by atoms with Gasteiger partial charge in [0, 0.05) is 36.6 Å². The monoisotopic (exact) mass is 248 g/mol. The number of aromatic nitrogens is 1. The van der Waals surface area contributed by atoms with Crippen molar-refractivity contribution in [2.24, 2.45) is 13.0 Å². The molecule has 2 rings (SSSR count). The van der Waals surface area contributed by atoms with E-state index in [0.717, 1.165) is 23.5 Å². The largest absolute Gasteiger partial charge is 0.351 e. The van der Waals surface area contributed by atoms with Crippen LogP contribution in [0.25, 0.3) is 0 Å². The number of Topliss-reactive ketones (excluding diaryl/α,β-unsaturated/α-hetero) is 1. The second-order valence-corrected chi connectivity index (χ2v) is 5.89. The first-order chi connectivity index (χ1) is 8.40. The summed E-state index contributed by atoms with van der Waals surface area (Å²) in [6.07, 6.45) is 1.21. The Morgan fingerprint density at radius 2 is 2.06 bits per heavy atom. The predicted octanol–water partition coefficient (Wildman–Crippen LogP) is 2.55. The molecule has 3 nitrogen and oxygen atoms in total. The second kappa shape index (κ2) is 4.88. The molecule has 1 aromatic rings. The summed E-state index contributed by atoms with van der Waals surface area (Å²) < 4.78 is 2.09. The average molecular weight is 248 g/mol. The van der Waals surface area contributed by atoms with Gasteiger partial charge < -0.3 is 4.57 Å². The standard InChI is InChI=1S/C15H24N2O/c1-10-6-12(3)17(8-10)9-15(18)14-7-11(2)16(5)13(14)4/h7,10,12H,6,8-9H2,1-5H3. The van der Waals surface area contributed by atoms with Gasteiger partial charge in [-0.2, -0.15) is 0 Å². The van der Waals surface area contributed by atoms with E-state index in [4.69, 9.17) is 0 Å². The van der Waals surface area contributed by atoms with Crippen molar-refractivity contribution in [1.82, 2.24) is 9.47 Å². The molecular weight excluding hydrogens is 224 g/mol. The van der Waals surface area contributed by atoms with Gasteiger partial charge in [-0.3, -0.25) is 9.69 Å². The van der Waals surface area contributed by atoms with Crippen LogP contribution in [0.1, 0.15) is 42.0 Å². The van der Waals surface area contributed by atoms with Gasteiger partial charge in [-0.15, -0.1) is 0 Å². The number of hydrogen-bond donors (Lipinski definition) is 0. The molecule has 0 spiro atoms. The predicted molar refractivity (Wildman–Crippen MR) is 74.0 cm³/mol. The third kappa shape index (κ3) is 2.37. The van der Waals surface area contributed by atoms with E-state index < -0.39 is 0 Å². The third-order valence-corrected chi connectivity index (χ3v) is 4.34. The smallest absolute Gasteiger partial charge is 0.178 e. The number of rotatable bonds is 3. The Hall–Kier alpha value is -1.09. The van der Waals surface area contributed by atoms with Gasteiger partial charge in [0.05, 0.1) is 6.54 Å². The summed E-state index contributed by atoms with van der Waals surface area (Å²) in [5.41, 5.74) is 3.12. The molecule has 3 heteroatoms. The van der Waals surface area contributed by atoms with Crippen molar-refractivity contribution in [3.05, 3.63) is 23.0 Å². The van der Waals surface area contributed by atoms with Crippen LogP contribution in [0, 0.1) is 19.8 Å². The van der Waals surface area contributed by atoms with Crippen LogP contribution < -0.4 is 0 Å². The van der Waals surface area contributed by atoms with Gasteiger partial charge in [0.1, 0.15) is 0 Å². The van der Waals surface area contributed by atoms with Crippen LogP contribution in [0.4, 0.5) is 0 Å². The van der Waals surface area contributed by atoms with Crippen molar-refractivity contribution in [1.29, 1.82) is 0 Å². The van der Waals surface area contributed by atoms with Crippen LogP contribution in [0.3, 0.4) is 0 Å². The number of carbonyl (C=O) groups excluding carboxylic acids is 1. The third-order valence-electron chi connectivity index (χ3n) is 4.34. The lowest BCUT2D eigenvalue weighted by Gasteiger charge is -2.19. The number of hydrogen-bond acceptors (Lipinski definition) is 2. The maximum atomic E-state index is 12.4. The minimum absolute atomic E-state index is 0.261. The van der Waals surface area contributed by atoms with Gasteiger partial charge in [-0.25, -0.2) is 0 Å². The summed E-state index contributed by atoms with van der Waals surface area (Å²) in [7, 11) is 2.02. The van der Waals surface area contributed by atoms with Crippen molar-refractivity contribution in [2.45, 2.75) is 40.2 Å². The molecule has 0 radical (unpaired) electrons. The Balaban J connectivity index is 2.10. The SMILES string of the molecule is Cc1cc(C(=O)CN2CC(C)CC2C)c(C)n1C. The zero-order valence-corrected chi connectivity index (χ0v) is 12.2. The van der Waals surface area contributed by atoms with Crippen molar-refractivity contribution in [2.75, 3.05) is 13.1 Å². The van der Waals surface area contributed by atoms with E-state index in [0.29, 0.717) is 18.5 Å². The van der Waals surface area contributed by atoms with Crippen LogP contribution in [0.5, 0.6) is 0 Å². The summed E-state index contributed by atoms with van der Waals surface area (Å²) in [5.74, 6) is 0.976. The Labute approximate surface area is 110 Å². The lowest BCUT2D eigenvalue weighted by molar-refractivity contribution is 0.0924. The van der Waals surface area contributed by atoms with Crippen LogP contribution in [-0.2, 0) is 7.05 Å². The maximum Gasteiger partial charge on any atom is 0.178 e. The van der Waals surface area contributed by atoms with E-state index in [1.807, 2.05) is 27.0 Å². The highest BCUT2D eigenvalue weighted by Gasteiger charge is 2.28. The normalized spacial score (nSPS) is 24.7. The van der Waals surface area contributed by atoms with Gasteiger partial charge in [0.25, 0.3) is 0 Å². The van der Waals surface area contributed by atoms with E-state index in [1.54, 1.807) is 0 Å². The Morgan fingerprint density at radius 1 is 1.39 bits per heavy atom. The highest BCUT2D eigenvalue weighted by molar-refractivity contribution is 5.99. The zero-order valence-electron chi connectivity index (χ0n) is 12.2. The molecule has 2 heterocycles. The highest BCUT2D eigenvalue weighted by atomic mass is 16.1. The van der Waals surface area contributed by atoms with Gasteiger partial charge >= 0.3 is 0 Å². The number of carbonyl (C=O) groups is 1. The molecule has 2 unspecified atom stereocenters. The van der Waals surface area contributed by atoms with Gasteiger partial charge in [-0.1, -0.05) is 6.92 Å². The van der Waals surface area contributed by atoms with Crippen molar-refractivity contribution in [3.63, 3.8) is 0 Å². The van der Waals surface area contributed by atoms with Crippen LogP contribution in [-0.4, -0.2) is 34.4 Å². The molecule has 1 aliphatic heterocycles. The van der Waals surface area contributed by atoms with E-state index in [2.05, 4.69) is 23.3 Å². The summed E-state index contributed by atoms with van der Waals surface area (Å²) in [6, 6.07) is 2.55. The van der Waals surface area contributed by atoms with E-state index >= 15 is 0 Å². The maximum absolute atomic E-state index is 12.4. The molecule has 100 valence electrons. The van der Waals surface area contributed by atoms with Gasteiger partial charge in [0.15, 0.2) is 5.78 Å². The molecule has 1 aliphatic rings. The molecule has 0 saturated carbocycles. The van der Waals surface area contributed by atoms with Crippen LogP contribution in [0.15, 0.2) is 6.07 Å². The summed E-state index contributed by atoms with van der Waals surface area (Å²) in [6.45, 7) is 10.2. The average Bonchev–Trinajstić information content (AvgIpc) is 2.73. The van der Waals surface area contributed by atoms with Crippen LogP contribution >= 0.6 is 0 Å². The Bertz CT molecular complexity index is 461. The first-order valence-corrected chi connectivity index (χ1v) is 6.80. The van der Waals surface area contributed by atoms with Crippen molar-refractivity contribution < 1.29 is 4.79 Å². The second-order valence-electron chi connectivity index (χ2n) is 5.89. The van der Waals surface area contributed by atoms with Crippen LogP contribution in [0.2, 0.25) is 0 Å². The van der Waals surface area contributed by atoms with E-state index in [-0.39, 0.29) is 5.78 Å². The molecule has 1 fully saturated rings. The minimum atomic E-state index is 0.261. The molecule has 0 N–H and O–H groups in total. The lowest BCUT2D eigenvalue weighted by Crippen LogP contribution is -2.33. The Kier molecular flexibility index (Phi) is 3.62.